The Hall–Kier alpha value is -1.82. The Morgan fingerprint density at radius 1 is 1.45 bits per heavy atom. The normalized spacial score (nSPS) is 12.3. The number of thioether (sulfide) groups is 1. The van der Waals surface area contributed by atoms with Crippen LogP contribution in [0.1, 0.15) is 17.3 Å². The zero-order valence-electron chi connectivity index (χ0n) is 11.5. The molecule has 0 radical (unpaired) electrons. The molecule has 1 aromatic carbocycles. The largest absolute Gasteiger partial charge is 0.478 e. The van der Waals surface area contributed by atoms with Crippen molar-refractivity contribution in [1.82, 2.24) is 9.97 Å². The Morgan fingerprint density at radius 2 is 2.25 bits per heavy atom. The van der Waals surface area contributed by atoms with Crippen LogP contribution >= 0.6 is 11.8 Å². The summed E-state index contributed by atoms with van der Waals surface area (Å²) in [4.78, 5) is 19.3. The van der Waals surface area contributed by atoms with Gasteiger partial charge in [-0.3, -0.25) is 0 Å². The van der Waals surface area contributed by atoms with Crippen LogP contribution in [0.25, 0.3) is 10.9 Å². The van der Waals surface area contributed by atoms with E-state index in [9.17, 15) is 4.79 Å². The molecule has 1 heterocycles. The van der Waals surface area contributed by atoms with Crippen LogP contribution in [-0.2, 0) is 0 Å². The fourth-order valence-corrected chi connectivity index (χ4v) is 2.63. The van der Waals surface area contributed by atoms with Crippen LogP contribution in [0.15, 0.2) is 24.5 Å². The Balaban J connectivity index is 2.24. The maximum absolute atomic E-state index is 11.0. The number of nitrogens with zero attached hydrogens (tertiary/aromatic N) is 2. The maximum atomic E-state index is 11.0. The molecule has 1 atom stereocenters. The van der Waals surface area contributed by atoms with E-state index in [0.29, 0.717) is 11.4 Å². The minimum Gasteiger partial charge on any atom is -0.478 e. The van der Waals surface area contributed by atoms with Crippen molar-refractivity contribution in [3.05, 3.63) is 30.1 Å². The van der Waals surface area contributed by atoms with E-state index in [1.165, 1.54) is 6.33 Å². The number of carbonyl (C=O) groups is 1. The number of hydrogen-bond acceptors (Lipinski definition) is 5. The molecule has 0 bridgehead atoms. The Bertz CT molecular complexity index is 618. The van der Waals surface area contributed by atoms with E-state index in [2.05, 4.69) is 28.5 Å². The second-order valence-corrected chi connectivity index (χ2v) is 5.61. The average molecular weight is 291 g/mol. The number of aromatic nitrogens is 2. The molecule has 2 N–H and O–H groups in total. The monoisotopic (exact) mass is 291 g/mol. The van der Waals surface area contributed by atoms with E-state index in [0.717, 1.165) is 23.5 Å². The molecule has 0 aliphatic heterocycles. The van der Waals surface area contributed by atoms with Gasteiger partial charge >= 0.3 is 5.97 Å². The number of anilines is 1. The van der Waals surface area contributed by atoms with Crippen molar-refractivity contribution in [2.24, 2.45) is 5.92 Å². The predicted molar refractivity (Wildman–Crippen MR) is 82.5 cm³/mol. The second kappa shape index (κ2) is 6.56. The number of aromatic carboxylic acids is 1. The minimum atomic E-state index is -0.950. The SMILES string of the molecule is CSCC(C)CNc1ncnc2cc(C(=O)O)ccc12. The Morgan fingerprint density at radius 3 is 2.95 bits per heavy atom. The highest BCUT2D eigenvalue weighted by atomic mass is 32.2. The summed E-state index contributed by atoms with van der Waals surface area (Å²) in [5.74, 6) is 1.42. The van der Waals surface area contributed by atoms with E-state index in [-0.39, 0.29) is 5.56 Å². The van der Waals surface area contributed by atoms with Gasteiger partial charge in [0.05, 0.1) is 11.1 Å². The van der Waals surface area contributed by atoms with Crippen LogP contribution in [0.4, 0.5) is 5.82 Å². The molecule has 0 saturated heterocycles. The quantitative estimate of drug-likeness (QED) is 0.852. The van der Waals surface area contributed by atoms with Crippen molar-refractivity contribution >= 4 is 34.5 Å². The van der Waals surface area contributed by atoms with Crippen LogP contribution in [0, 0.1) is 5.92 Å². The second-order valence-electron chi connectivity index (χ2n) is 4.70. The molecular weight excluding hydrogens is 274 g/mol. The molecule has 0 fully saturated rings. The minimum absolute atomic E-state index is 0.234. The first-order chi connectivity index (χ1) is 9.61. The molecule has 0 amide bonds. The molecule has 1 aromatic heterocycles. The lowest BCUT2D eigenvalue weighted by molar-refractivity contribution is 0.0697. The van der Waals surface area contributed by atoms with Gasteiger partial charge < -0.3 is 10.4 Å². The van der Waals surface area contributed by atoms with Crippen LogP contribution in [0.3, 0.4) is 0 Å². The van der Waals surface area contributed by atoms with Gasteiger partial charge in [-0.15, -0.1) is 0 Å². The highest BCUT2D eigenvalue weighted by molar-refractivity contribution is 7.98. The summed E-state index contributed by atoms with van der Waals surface area (Å²) in [6, 6.07) is 4.89. The number of benzene rings is 1. The summed E-state index contributed by atoms with van der Waals surface area (Å²) >= 11 is 1.82. The zero-order chi connectivity index (χ0) is 14.5. The topological polar surface area (TPSA) is 75.1 Å². The van der Waals surface area contributed by atoms with Gasteiger partial charge in [-0.1, -0.05) is 6.92 Å². The summed E-state index contributed by atoms with van der Waals surface area (Å²) in [5, 5.41) is 13.1. The van der Waals surface area contributed by atoms with Gasteiger partial charge in [0.1, 0.15) is 12.1 Å². The zero-order valence-corrected chi connectivity index (χ0v) is 12.3. The average Bonchev–Trinajstić information content (AvgIpc) is 2.44. The van der Waals surface area contributed by atoms with Crippen molar-refractivity contribution in [3.63, 3.8) is 0 Å². The summed E-state index contributed by atoms with van der Waals surface area (Å²) < 4.78 is 0. The van der Waals surface area contributed by atoms with Gasteiger partial charge in [-0.2, -0.15) is 11.8 Å². The molecule has 6 heteroatoms. The molecular formula is C14H17N3O2S. The number of fused-ring (bicyclic) bond motifs is 1. The van der Waals surface area contributed by atoms with Crippen molar-refractivity contribution < 1.29 is 9.90 Å². The van der Waals surface area contributed by atoms with Crippen LogP contribution < -0.4 is 5.32 Å². The standard InChI is InChI=1S/C14H17N3O2S/c1-9(7-20-2)6-15-13-11-4-3-10(14(18)19)5-12(11)16-8-17-13/h3-5,8-9H,6-7H2,1-2H3,(H,18,19)(H,15,16,17). The van der Waals surface area contributed by atoms with Crippen molar-refractivity contribution in [1.29, 1.82) is 0 Å². The third-order valence-corrected chi connectivity index (χ3v) is 3.85. The number of carboxylic acid groups (broad SMARTS) is 1. The molecule has 0 aliphatic rings. The Labute approximate surface area is 121 Å². The van der Waals surface area contributed by atoms with Crippen molar-refractivity contribution in [2.75, 3.05) is 23.9 Å². The van der Waals surface area contributed by atoms with E-state index < -0.39 is 5.97 Å². The fraction of sp³-hybridized carbons (Fsp3) is 0.357. The number of rotatable bonds is 6. The van der Waals surface area contributed by atoms with Gasteiger partial charge in [-0.05, 0) is 36.1 Å². The van der Waals surface area contributed by atoms with Gasteiger partial charge in [0.2, 0.25) is 0 Å². The molecule has 106 valence electrons. The summed E-state index contributed by atoms with van der Waals surface area (Å²) in [7, 11) is 0. The highest BCUT2D eigenvalue weighted by Gasteiger charge is 2.09. The van der Waals surface area contributed by atoms with E-state index in [1.54, 1.807) is 18.2 Å². The third-order valence-electron chi connectivity index (χ3n) is 2.95. The lowest BCUT2D eigenvalue weighted by Crippen LogP contribution is -2.14. The van der Waals surface area contributed by atoms with Crippen LogP contribution in [-0.4, -0.2) is 39.6 Å². The molecule has 1 unspecified atom stereocenters. The van der Waals surface area contributed by atoms with Gasteiger partial charge in [-0.25, -0.2) is 14.8 Å². The number of carboxylic acids is 1. The van der Waals surface area contributed by atoms with E-state index in [4.69, 9.17) is 5.11 Å². The first kappa shape index (κ1) is 14.6. The summed E-state index contributed by atoms with van der Waals surface area (Å²) in [5.41, 5.74) is 0.873. The predicted octanol–water partition coefficient (Wildman–Crippen LogP) is 2.74. The van der Waals surface area contributed by atoms with E-state index >= 15 is 0 Å². The number of hydrogen-bond donors (Lipinski definition) is 2. The molecule has 0 spiro atoms. The van der Waals surface area contributed by atoms with Gasteiger partial charge in [0, 0.05) is 11.9 Å². The molecule has 0 aliphatic carbocycles. The van der Waals surface area contributed by atoms with Gasteiger partial charge in [0.25, 0.3) is 0 Å². The smallest absolute Gasteiger partial charge is 0.335 e. The van der Waals surface area contributed by atoms with Crippen molar-refractivity contribution in [3.8, 4) is 0 Å². The van der Waals surface area contributed by atoms with Gasteiger partial charge in [0.15, 0.2) is 0 Å². The third kappa shape index (κ3) is 3.39. The maximum Gasteiger partial charge on any atom is 0.335 e. The first-order valence-electron chi connectivity index (χ1n) is 6.32. The summed E-state index contributed by atoms with van der Waals surface area (Å²) in [6.45, 7) is 3.00. The molecule has 2 rings (SSSR count). The van der Waals surface area contributed by atoms with Crippen molar-refractivity contribution in [2.45, 2.75) is 6.92 Å². The van der Waals surface area contributed by atoms with E-state index in [1.807, 2.05) is 11.8 Å². The molecule has 5 nitrogen and oxygen atoms in total. The lowest BCUT2D eigenvalue weighted by atomic mass is 10.1. The lowest BCUT2D eigenvalue weighted by Gasteiger charge is -2.13. The molecule has 0 saturated carbocycles. The molecule has 20 heavy (non-hydrogen) atoms. The highest BCUT2D eigenvalue weighted by Crippen LogP contribution is 2.21. The van der Waals surface area contributed by atoms with Crippen LogP contribution in [0.2, 0.25) is 0 Å². The summed E-state index contributed by atoms with van der Waals surface area (Å²) in [6.07, 6.45) is 3.54. The Kier molecular flexibility index (Phi) is 4.79. The first-order valence-corrected chi connectivity index (χ1v) is 7.72. The molecule has 2 aromatic rings. The fourth-order valence-electron chi connectivity index (χ4n) is 1.95. The number of nitrogens with one attached hydrogen (secondary N) is 1. The van der Waals surface area contributed by atoms with Crippen LogP contribution in [0.5, 0.6) is 0 Å².